The quantitative estimate of drug-likeness (QED) is 0.828. The molecule has 3 rings (SSSR count). The van der Waals surface area contributed by atoms with Gasteiger partial charge in [-0.3, -0.25) is 0 Å². The fourth-order valence-electron chi connectivity index (χ4n) is 2.68. The molecule has 0 saturated carbocycles. The van der Waals surface area contributed by atoms with Crippen LogP contribution in [-0.2, 0) is 6.42 Å². The van der Waals surface area contributed by atoms with Crippen LogP contribution in [0.3, 0.4) is 0 Å². The summed E-state index contributed by atoms with van der Waals surface area (Å²) < 4.78 is 1.17. The molecule has 0 bridgehead atoms. The predicted octanol–water partition coefficient (Wildman–Crippen LogP) is 5.09. The fourth-order valence-corrected chi connectivity index (χ4v) is 3.09. The van der Waals surface area contributed by atoms with Crippen molar-refractivity contribution in [2.75, 3.05) is 0 Å². The van der Waals surface area contributed by atoms with Crippen molar-refractivity contribution in [3.8, 4) is 0 Å². The van der Waals surface area contributed by atoms with Crippen molar-refractivity contribution in [3.05, 3.63) is 75.4 Å². The van der Waals surface area contributed by atoms with Crippen LogP contribution in [0.4, 0.5) is 0 Å². The minimum atomic E-state index is 0.347. The van der Waals surface area contributed by atoms with E-state index in [1.54, 1.807) is 0 Å². The van der Waals surface area contributed by atoms with Crippen LogP contribution in [-0.4, -0.2) is 0 Å². The number of fused-ring (bicyclic) bond motifs is 1. The number of nitrogens with one attached hydrogen (secondary N) is 1. The summed E-state index contributed by atoms with van der Waals surface area (Å²) in [5.74, 6) is 0. The second-order valence-electron chi connectivity index (χ2n) is 5.29. The zero-order valence-corrected chi connectivity index (χ0v) is 13.2. The molecule has 0 aromatic heterocycles. The highest BCUT2D eigenvalue weighted by molar-refractivity contribution is 9.10. The first-order valence-electron chi connectivity index (χ1n) is 7.03. The van der Waals surface area contributed by atoms with E-state index in [0.717, 1.165) is 12.8 Å². The van der Waals surface area contributed by atoms with Crippen molar-refractivity contribution in [2.45, 2.75) is 25.8 Å². The van der Waals surface area contributed by atoms with Crippen molar-refractivity contribution >= 4 is 22.0 Å². The highest BCUT2D eigenvalue weighted by atomic mass is 79.9. The normalized spacial score (nSPS) is 15.2. The van der Waals surface area contributed by atoms with Gasteiger partial charge in [0.1, 0.15) is 0 Å². The monoisotopic (exact) mass is 327 g/mol. The molecule has 1 aliphatic carbocycles. The summed E-state index contributed by atoms with van der Waals surface area (Å²) in [5, 5.41) is 3.64. The van der Waals surface area contributed by atoms with Crippen molar-refractivity contribution in [3.63, 3.8) is 0 Å². The zero-order valence-electron chi connectivity index (χ0n) is 11.6. The molecule has 2 aromatic carbocycles. The van der Waals surface area contributed by atoms with Crippen molar-refractivity contribution in [1.29, 1.82) is 0 Å². The third kappa shape index (κ3) is 2.96. The third-order valence-corrected chi connectivity index (χ3v) is 4.29. The van der Waals surface area contributed by atoms with Gasteiger partial charge in [0, 0.05) is 16.2 Å². The van der Waals surface area contributed by atoms with Crippen LogP contribution in [0, 0.1) is 0 Å². The number of rotatable bonds is 3. The Hall–Kier alpha value is -1.54. The number of hydrogen-bond acceptors (Lipinski definition) is 1. The Balaban J connectivity index is 1.77. The van der Waals surface area contributed by atoms with E-state index in [2.05, 4.69) is 82.8 Å². The van der Waals surface area contributed by atoms with Crippen molar-refractivity contribution in [2.24, 2.45) is 0 Å². The van der Waals surface area contributed by atoms with Gasteiger partial charge in [-0.2, -0.15) is 0 Å². The van der Waals surface area contributed by atoms with Crippen LogP contribution >= 0.6 is 15.9 Å². The molecule has 0 heterocycles. The fraction of sp³-hybridized carbons (Fsp3) is 0.222. The molecule has 20 heavy (non-hydrogen) atoms. The average Bonchev–Trinajstić information content (AvgIpc) is 2.48. The smallest absolute Gasteiger partial charge is 0.0482 e. The van der Waals surface area contributed by atoms with Gasteiger partial charge in [0.05, 0.1) is 0 Å². The minimum absolute atomic E-state index is 0.347. The van der Waals surface area contributed by atoms with Gasteiger partial charge >= 0.3 is 0 Å². The van der Waals surface area contributed by atoms with Crippen LogP contribution in [0.2, 0.25) is 0 Å². The van der Waals surface area contributed by atoms with Crippen molar-refractivity contribution in [1.82, 2.24) is 5.32 Å². The molecule has 0 radical (unpaired) electrons. The number of aryl methyl sites for hydroxylation is 1. The van der Waals surface area contributed by atoms with Crippen LogP contribution < -0.4 is 5.32 Å². The lowest BCUT2D eigenvalue weighted by molar-refractivity contribution is 0.627. The van der Waals surface area contributed by atoms with E-state index in [-0.39, 0.29) is 0 Å². The number of benzene rings is 2. The Labute approximate surface area is 128 Å². The summed E-state index contributed by atoms with van der Waals surface area (Å²) in [6, 6.07) is 17.5. The first-order chi connectivity index (χ1) is 9.72. The lowest BCUT2D eigenvalue weighted by Gasteiger charge is -2.22. The van der Waals surface area contributed by atoms with E-state index in [4.69, 9.17) is 0 Å². The van der Waals surface area contributed by atoms with Crippen LogP contribution in [0.5, 0.6) is 0 Å². The van der Waals surface area contributed by atoms with Gasteiger partial charge in [0.15, 0.2) is 0 Å². The molecule has 1 N–H and O–H groups in total. The van der Waals surface area contributed by atoms with Gasteiger partial charge < -0.3 is 5.32 Å². The van der Waals surface area contributed by atoms with Gasteiger partial charge in [-0.05, 0) is 54.7 Å². The summed E-state index contributed by atoms with van der Waals surface area (Å²) in [6.45, 7) is 2.22. The molecule has 1 atom stereocenters. The van der Waals surface area contributed by atoms with Gasteiger partial charge in [-0.25, -0.2) is 0 Å². The molecule has 102 valence electrons. The predicted molar refractivity (Wildman–Crippen MR) is 88.4 cm³/mol. The number of hydrogen-bond donors (Lipinski definition) is 1. The molecule has 0 aliphatic heterocycles. The summed E-state index contributed by atoms with van der Waals surface area (Å²) in [5.41, 5.74) is 5.42. The van der Waals surface area contributed by atoms with Crippen LogP contribution in [0.15, 0.2) is 58.7 Å². The summed E-state index contributed by atoms with van der Waals surface area (Å²) in [6.07, 6.45) is 4.47. The maximum absolute atomic E-state index is 3.64. The second-order valence-corrected chi connectivity index (χ2v) is 6.21. The maximum Gasteiger partial charge on any atom is 0.0482 e. The average molecular weight is 328 g/mol. The van der Waals surface area contributed by atoms with Gasteiger partial charge in [0.2, 0.25) is 0 Å². The van der Waals surface area contributed by atoms with E-state index in [0.29, 0.717) is 6.04 Å². The zero-order chi connectivity index (χ0) is 13.9. The second kappa shape index (κ2) is 5.84. The first kappa shape index (κ1) is 13.4. The lowest BCUT2D eigenvalue weighted by atomic mass is 9.95. The van der Waals surface area contributed by atoms with Crippen LogP contribution in [0.25, 0.3) is 6.08 Å². The standard InChI is InChI=1S/C18H18BrN/c1-13(14-5-3-2-4-6-14)20-18-10-8-15-11-17(19)9-7-16(15)12-18/h2-7,9,11-13,20H,8,10H2,1H3/t13-/m1/s1. The Morgan fingerprint density at radius 1 is 1.05 bits per heavy atom. The van der Waals surface area contributed by atoms with E-state index in [1.165, 1.54) is 26.9 Å². The molecule has 0 spiro atoms. The molecule has 2 heteroatoms. The molecular formula is C18H18BrN. The minimum Gasteiger partial charge on any atom is -0.382 e. The Kier molecular flexibility index (Phi) is 3.93. The van der Waals surface area contributed by atoms with E-state index in [9.17, 15) is 0 Å². The summed E-state index contributed by atoms with van der Waals surface area (Å²) >= 11 is 3.54. The molecule has 1 aliphatic rings. The summed E-state index contributed by atoms with van der Waals surface area (Å²) in [4.78, 5) is 0. The van der Waals surface area contributed by atoms with E-state index in [1.807, 2.05) is 0 Å². The Morgan fingerprint density at radius 2 is 1.85 bits per heavy atom. The molecular weight excluding hydrogens is 310 g/mol. The van der Waals surface area contributed by atoms with Gasteiger partial charge in [-0.15, -0.1) is 0 Å². The Bertz CT molecular complexity index is 631. The number of halogens is 1. The van der Waals surface area contributed by atoms with Gasteiger partial charge in [-0.1, -0.05) is 52.3 Å². The van der Waals surface area contributed by atoms with Crippen LogP contribution in [0.1, 0.15) is 36.1 Å². The first-order valence-corrected chi connectivity index (χ1v) is 7.82. The molecule has 0 fully saturated rings. The molecule has 1 nitrogen and oxygen atoms in total. The molecule has 0 unspecified atom stereocenters. The van der Waals surface area contributed by atoms with E-state index < -0.39 is 0 Å². The molecule has 0 saturated heterocycles. The molecule has 2 aromatic rings. The third-order valence-electron chi connectivity index (χ3n) is 3.80. The SMILES string of the molecule is C[C@@H](NC1=Cc2ccc(Br)cc2CC1)c1ccccc1. The number of allylic oxidation sites excluding steroid dienone is 1. The lowest BCUT2D eigenvalue weighted by Crippen LogP contribution is -2.20. The maximum atomic E-state index is 3.64. The molecule has 0 amide bonds. The highest BCUT2D eigenvalue weighted by Gasteiger charge is 2.13. The van der Waals surface area contributed by atoms with Gasteiger partial charge in [0.25, 0.3) is 0 Å². The topological polar surface area (TPSA) is 12.0 Å². The van der Waals surface area contributed by atoms with E-state index >= 15 is 0 Å². The largest absolute Gasteiger partial charge is 0.382 e. The van der Waals surface area contributed by atoms with Crippen molar-refractivity contribution < 1.29 is 0 Å². The highest BCUT2D eigenvalue weighted by Crippen LogP contribution is 2.27. The summed E-state index contributed by atoms with van der Waals surface area (Å²) in [7, 11) is 0. The Morgan fingerprint density at radius 3 is 2.65 bits per heavy atom.